The van der Waals surface area contributed by atoms with Crippen LogP contribution >= 0.6 is 0 Å². The maximum Gasteiger partial charge on any atom is 0.276 e. The van der Waals surface area contributed by atoms with Crippen molar-refractivity contribution in [3.63, 3.8) is 0 Å². The smallest absolute Gasteiger partial charge is 0.276 e. The molecule has 0 saturated carbocycles. The van der Waals surface area contributed by atoms with E-state index in [4.69, 9.17) is 4.52 Å². The number of carbonyl (C=O) groups is 1. The van der Waals surface area contributed by atoms with Crippen LogP contribution in [0.2, 0.25) is 0 Å². The molecule has 0 spiro atoms. The number of hydrogen-bond acceptors (Lipinski definition) is 5. The summed E-state index contributed by atoms with van der Waals surface area (Å²) in [7, 11) is 0. The first kappa shape index (κ1) is 13.6. The Kier molecular flexibility index (Phi) is 3.60. The highest BCUT2D eigenvalue weighted by Crippen LogP contribution is 2.17. The van der Waals surface area contributed by atoms with Gasteiger partial charge in [-0.1, -0.05) is 11.2 Å². The van der Waals surface area contributed by atoms with Gasteiger partial charge in [0.1, 0.15) is 11.6 Å². The summed E-state index contributed by atoms with van der Waals surface area (Å²) in [5, 5.41) is 3.88. The van der Waals surface area contributed by atoms with E-state index < -0.39 is 0 Å². The average molecular weight is 286 g/mol. The predicted octanol–water partition coefficient (Wildman–Crippen LogP) is 1.65. The maximum absolute atomic E-state index is 12.4. The fourth-order valence-electron chi connectivity index (χ4n) is 2.45. The molecule has 1 saturated heterocycles. The second-order valence-corrected chi connectivity index (χ2v) is 5.18. The van der Waals surface area contributed by atoms with Gasteiger partial charge in [0.15, 0.2) is 5.69 Å². The molecule has 1 aliphatic heterocycles. The zero-order valence-corrected chi connectivity index (χ0v) is 12.2. The quantitative estimate of drug-likeness (QED) is 0.840. The number of anilines is 1. The maximum atomic E-state index is 12.4. The van der Waals surface area contributed by atoms with Crippen LogP contribution in [0.3, 0.4) is 0 Å². The van der Waals surface area contributed by atoms with Crippen molar-refractivity contribution in [2.75, 3.05) is 31.1 Å². The molecule has 21 heavy (non-hydrogen) atoms. The monoisotopic (exact) mass is 286 g/mol. The number of aromatic nitrogens is 2. The van der Waals surface area contributed by atoms with Crippen LogP contribution in [-0.2, 0) is 0 Å². The Morgan fingerprint density at radius 1 is 1.19 bits per heavy atom. The summed E-state index contributed by atoms with van der Waals surface area (Å²) in [5.74, 6) is 1.61. The first-order valence-corrected chi connectivity index (χ1v) is 7.05. The standard InChI is InChI=1S/C15H18N4O2/c1-11-12(2)21-17-14(11)15(20)19-9-7-18(8-10-19)13-5-3-4-6-16-13/h3-6H,7-10H2,1-2H3. The van der Waals surface area contributed by atoms with Crippen LogP contribution in [0.15, 0.2) is 28.9 Å². The van der Waals surface area contributed by atoms with Gasteiger partial charge in [-0.15, -0.1) is 0 Å². The number of rotatable bonds is 2. The van der Waals surface area contributed by atoms with E-state index in [2.05, 4.69) is 15.0 Å². The number of piperazine rings is 1. The van der Waals surface area contributed by atoms with Gasteiger partial charge in [-0.3, -0.25) is 4.79 Å². The van der Waals surface area contributed by atoms with Crippen molar-refractivity contribution in [3.05, 3.63) is 41.4 Å². The molecule has 1 aliphatic rings. The predicted molar refractivity (Wildman–Crippen MR) is 78.3 cm³/mol. The van der Waals surface area contributed by atoms with Crippen molar-refractivity contribution in [2.45, 2.75) is 13.8 Å². The minimum Gasteiger partial charge on any atom is -0.361 e. The molecule has 1 fully saturated rings. The highest BCUT2D eigenvalue weighted by Gasteiger charge is 2.26. The molecule has 3 rings (SSSR count). The Bertz CT molecular complexity index is 630. The number of pyridine rings is 1. The topological polar surface area (TPSA) is 62.5 Å². The Labute approximate surface area is 123 Å². The molecule has 110 valence electrons. The van der Waals surface area contributed by atoms with Crippen molar-refractivity contribution < 1.29 is 9.32 Å². The summed E-state index contributed by atoms with van der Waals surface area (Å²) in [6.07, 6.45) is 1.79. The molecule has 0 bridgehead atoms. The van der Waals surface area contributed by atoms with E-state index in [1.807, 2.05) is 36.9 Å². The van der Waals surface area contributed by atoms with Gasteiger partial charge in [0, 0.05) is 37.9 Å². The molecule has 3 heterocycles. The van der Waals surface area contributed by atoms with E-state index in [1.165, 1.54) is 0 Å². The third-order valence-electron chi connectivity index (χ3n) is 3.90. The van der Waals surface area contributed by atoms with Gasteiger partial charge in [0.05, 0.1) is 0 Å². The Morgan fingerprint density at radius 3 is 2.52 bits per heavy atom. The molecular weight excluding hydrogens is 268 g/mol. The highest BCUT2D eigenvalue weighted by molar-refractivity contribution is 5.93. The van der Waals surface area contributed by atoms with Crippen LogP contribution in [-0.4, -0.2) is 47.1 Å². The van der Waals surface area contributed by atoms with Gasteiger partial charge >= 0.3 is 0 Å². The van der Waals surface area contributed by atoms with Gasteiger partial charge < -0.3 is 14.3 Å². The Morgan fingerprint density at radius 2 is 1.95 bits per heavy atom. The van der Waals surface area contributed by atoms with Gasteiger partial charge in [-0.2, -0.15) is 0 Å². The lowest BCUT2D eigenvalue weighted by Gasteiger charge is -2.35. The zero-order chi connectivity index (χ0) is 14.8. The third-order valence-corrected chi connectivity index (χ3v) is 3.90. The van der Waals surface area contributed by atoms with Crippen LogP contribution in [0.25, 0.3) is 0 Å². The van der Waals surface area contributed by atoms with E-state index >= 15 is 0 Å². The SMILES string of the molecule is Cc1onc(C(=O)N2CCN(c3ccccn3)CC2)c1C. The third kappa shape index (κ3) is 2.61. The molecule has 2 aromatic heterocycles. The molecule has 1 amide bonds. The van der Waals surface area contributed by atoms with Crippen molar-refractivity contribution in [1.29, 1.82) is 0 Å². The molecule has 0 radical (unpaired) electrons. The number of nitrogens with zero attached hydrogens (tertiary/aromatic N) is 4. The molecule has 0 N–H and O–H groups in total. The molecule has 0 aromatic carbocycles. The fraction of sp³-hybridized carbons (Fsp3) is 0.400. The van der Waals surface area contributed by atoms with Gasteiger partial charge in [-0.25, -0.2) is 4.98 Å². The first-order chi connectivity index (χ1) is 10.2. The molecule has 2 aromatic rings. The number of aryl methyl sites for hydroxylation is 1. The molecule has 0 unspecified atom stereocenters. The van der Waals surface area contributed by atoms with Crippen LogP contribution in [0, 0.1) is 13.8 Å². The lowest BCUT2D eigenvalue weighted by molar-refractivity contribution is 0.0735. The highest BCUT2D eigenvalue weighted by atomic mass is 16.5. The number of amides is 1. The lowest BCUT2D eigenvalue weighted by atomic mass is 10.2. The molecule has 0 atom stereocenters. The lowest BCUT2D eigenvalue weighted by Crippen LogP contribution is -2.49. The fourth-order valence-corrected chi connectivity index (χ4v) is 2.45. The molecular formula is C15H18N4O2. The second-order valence-electron chi connectivity index (χ2n) is 5.18. The van der Waals surface area contributed by atoms with Crippen LogP contribution < -0.4 is 4.90 Å². The summed E-state index contributed by atoms with van der Waals surface area (Å²) >= 11 is 0. The van der Waals surface area contributed by atoms with E-state index in [0.29, 0.717) is 24.5 Å². The van der Waals surface area contributed by atoms with Crippen molar-refractivity contribution >= 4 is 11.7 Å². The first-order valence-electron chi connectivity index (χ1n) is 7.05. The van der Waals surface area contributed by atoms with Gasteiger partial charge in [-0.05, 0) is 26.0 Å². The van der Waals surface area contributed by atoms with Crippen molar-refractivity contribution in [1.82, 2.24) is 15.0 Å². The van der Waals surface area contributed by atoms with E-state index in [-0.39, 0.29) is 5.91 Å². The summed E-state index contributed by atoms with van der Waals surface area (Å²) in [4.78, 5) is 20.8. The summed E-state index contributed by atoms with van der Waals surface area (Å²) in [5.41, 5.74) is 1.26. The van der Waals surface area contributed by atoms with E-state index in [1.54, 1.807) is 6.20 Å². The number of carbonyl (C=O) groups excluding carboxylic acids is 1. The van der Waals surface area contributed by atoms with E-state index in [9.17, 15) is 4.79 Å². The average Bonchev–Trinajstić information content (AvgIpc) is 2.87. The molecule has 6 nitrogen and oxygen atoms in total. The van der Waals surface area contributed by atoms with Crippen LogP contribution in [0.1, 0.15) is 21.8 Å². The van der Waals surface area contributed by atoms with Crippen molar-refractivity contribution in [3.8, 4) is 0 Å². The Hall–Kier alpha value is -2.37. The van der Waals surface area contributed by atoms with Crippen molar-refractivity contribution in [2.24, 2.45) is 0 Å². The minimum absolute atomic E-state index is 0.0509. The van der Waals surface area contributed by atoms with Gasteiger partial charge in [0.2, 0.25) is 0 Å². The minimum atomic E-state index is -0.0509. The zero-order valence-electron chi connectivity index (χ0n) is 12.2. The molecule has 0 aliphatic carbocycles. The second kappa shape index (κ2) is 5.55. The normalized spacial score (nSPS) is 15.3. The Balaban J connectivity index is 1.66. The summed E-state index contributed by atoms with van der Waals surface area (Å²) in [6.45, 7) is 6.57. The largest absolute Gasteiger partial charge is 0.361 e. The number of hydrogen-bond donors (Lipinski definition) is 0. The van der Waals surface area contributed by atoms with Gasteiger partial charge in [0.25, 0.3) is 5.91 Å². The van der Waals surface area contributed by atoms with Crippen LogP contribution in [0.4, 0.5) is 5.82 Å². The summed E-state index contributed by atoms with van der Waals surface area (Å²) in [6, 6.07) is 5.86. The van der Waals surface area contributed by atoms with Crippen LogP contribution in [0.5, 0.6) is 0 Å². The summed E-state index contributed by atoms with van der Waals surface area (Å²) < 4.78 is 5.08. The van der Waals surface area contributed by atoms with E-state index in [0.717, 1.165) is 24.5 Å². The molecule has 6 heteroatoms.